The second kappa shape index (κ2) is 5.42. The van der Waals surface area contributed by atoms with Crippen molar-refractivity contribution in [2.24, 2.45) is 5.92 Å². The van der Waals surface area contributed by atoms with Crippen molar-refractivity contribution in [2.75, 3.05) is 0 Å². The Morgan fingerprint density at radius 1 is 0.926 bits per heavy atom. The van der Waals surface area contributed by atoms with Crippen molar-refractivity contribution in [3.05, 3.63) is 83.4 Å². The van der Waals surface area contributed by atoms with Crippen molar-refractivity contribution in [2.45, 2.75) is 37.5 Å². The molecule has 1 heteroatoms. The first-order valence-corrected chi connectivity index (χ1v) is 10.1. The van der Waals surface area contributed by atoms with Crippen molar-refractivity contribution in [1.29, 1.82) is 0 Å². The molecule has 3 aliphatic rings. The molecule has 0 amide bonds. The number of rotatable bonds is 1. The van der Waals surface area contributed by atoms with Crippen LogP contribution in [0, 0.1) is 5.92 Å². The number of allylic oxidation sites excluding steroid dienone is 2. The fourth-order valence-electron chi connectivity index (χ4n) is 5.96. The summed E-state index contributed by atoms with van der Waals surface area (Å²) in [6.45, 7) is 0. The Morgan fingerprint density at radius 3 is 2.59 bits per heavy atom. The number of Topliss-reactive ketones (excluding diaryl/α,β-unsaturated/α-hetero) is 1. The summed E-state index contributed by atoms with van der Waals surface area (Å²) < 4.78 is 0. The zero-order chi connectivity index (χ0) is 18.0. The molecule has 1 spiro atoms. The fourth-order valence-corrected chi connectivity index (χ4v) is 5.96. The van der Waals surface area contributed by atoms with E-state index in [2.05, 4.69) is 60.7 Å². The lowest BCUT2D eigenvalue weighted by atomic mass is 9.62. The Labute approximate surface area is 159 Å². The molecule has 1 nitrogen and oxygen atoms in total. The highest BCUT2D eigenvalue weighted by Gasteiger charge is 2.51. The molecular weight excluding hydrogens is 328 g/mol. The zero-order valence-electron chi connectivity index (χ0n) is 15.4. The van der Waals surface area contributed by atoms with Gasteiger partial charge >= 0.3 is 0 Å². The van der Waals surface area contributed by atoms with Gasteiger partial charge in [0.05, 0.1) is 0 Å². The highest BCUT2D eigenvalue weighted by Crippen LogP contribution is 2.59. The summed E-state index contributed by atoms with van der Waals surface area (Å²) in [5.41, 5.74) is 6.60. The van der Waals surface area contributed by atoms with Crippen LogP contribution < -0.4 is 0 Å². The minimum atomic E-state index is 0.213. The lowest BCUT2D eigenvalue weighted by molar-refractivity contribution is 0.0940. The summed E-state index contributed by atoms with van der Waals surface area (Å²) in [6, 6.07) is 21.6. The van der Waals surface area contributed by atoms with E-state index in [0.29, 0.717) is 18.1 Å². The predicted octanol–water partition coefficient (Wildman–Crippen LogP) is 6.46. The van der Waals surface area contributed by atoms with Gasteiger partial charge in [-0.15, -0.1) is 0 Å². The Balaban J connectivity index is 1.61. The zero-order valence-corrected chi connectivity index (χ0v) is 15.4. The third-order valence-electron chi connectivity index (χ3n) is 7.26. The summed E-state index contributed by atoms with van der Waals surface area (Å²) >= 11 is 0. The number of hydrogen-bond acceptors (Lipinski definition) is 1. The van der Waals surface area contributed by atoms with E-state index in [4.69, 9.17) is 0 Å². The van der Waals surface area contributed by atoms with Gasteiger partial charge in [-0.05, 0) is 71.2 Å². The Morgan fingerprint density at radius 2 is 1.81 bits per heavy atom. The van der Waals surface area contributed by atoms with Gasteiger partial charge in [-0.3, -0.25) is 4.79 Å². The molecule has 2 bridgehead atoms. The fraction of sp³-hybridized carbons (Fsp3) is 0.269. The molecule has 0 saturated heterocycles. The normalized spacial score (nSPS) is 25.9. The van der Waals surface area contributed by atoms with Crippen molar-refractivity contribution in [1.82, 2.24) is 0 Å². The lowest BCUT2D eigenvalue weighted by Crippen LogP contribution is -2.37. The van der Waals surface area contributed by atoms with E-state index in [9.17, 15) is 4.79 Å². The molecular formula is C26H22O. The molecule has 3 aromatic rings. The molecule has 3 aromatic carbocycles. The van der Waals surface area contributed by atoms with Crippen LogP contribution in [-0.4, -0.2) is 5.78 Å². The molecule has 6 rings (SSSR count). The number of fused-ring (bicyclic) bond motifs is 6. The molecule has 0 aliphatic heterocycles. The van der Waals surface area contributed by atoms with Crippen LogP contribution in [0.5, 0.6) is 0 Å². The third kappa shape index (κ3) is 2.09. The summed E-state index contributed by atoms with van der Waals surface area (Å²) in [4.78, 5) is 12.9. The van der Waals surface area contributed by atoms with Gasteiger partial charge in [0.1, 0.15) is 0 Å². The van der Waals surface area contributed by atoms with Crippen LogP contribution in [0.25, 0.3) is 21.9 Å². The quantitative estimate of drug-likeness (QED) is 0.460. The molecule has 0 heterocycles. The molecule has 1 fully saturated rings. The van der Waals surface area contributed by atoms with Crippen LogP contribution in [0.2, 0.25) is 0 Å². The standard InChI is InChI=1S/C26H22O/c27-25-11-12-26(16-17-9-10-20(26)13-17)24-14-19-7-4-8-21(22(19)15-23(24)25)18-5-2-1-3-6-18/h1-9,14-15,20H,10-13,16H2. The maximum absolute atomic E-state index is 12.9. The van der Waals surface area contributed by atoms with E-state index in [1.165, 1.54) is 46.7 Å². The van der Waals surface area contributed by atoms with Crippen molar-refractivity contribution < 1.29 is 4.79 Å². The molecule has 2 unspecified atom stereocenters. The van der Waals surface area contributed by atoms with E-state index >= 15 is 0 Å². The summed E-state index contributed by atoms with van der Waals surface area (Å²) in [5.74, 6) is 1.03. The van der Waals surface area contributed by atoms with Crippen LogP contribution in [0.1, 0.15) is 48.0 Å². The highest BCUT2D eigenvalue weighted by atomic mass is 16.1. The van der Waals surface area contributed by atoms with E-state index in [1.54, 1.807) is 5.57 Å². The first-order valence-electron chi connectivity index (χ1n) is 10.1. The minimum Gasteiger partial charge on any atom is -0.294 e. The lowest BCUT2D eigenvalue weighted by Gasteiger charge is -2.41. The van der Waals surface area contributed by atoms with E-state index in [-0.39, 0.29) is 5.41 Å². The van der Waals surface area contributed by atoms with Gasteiger partial charge < -0.3 is 0 Å². The Kier molecular flexibility index (Phi) is 3.09. The first-order chi connectivity index (χ1) is 13.2. The number of carbonyl (C=O) groups is 1. The van der Waals surface area contributed by atoms with Gasteiger partial charge in [-0.25, -0.2) is 0 Å². The average molecular weight is 350 g/mol. The van der Waals surface area contributed by atoms with Crippen LogP contribution in [-0.2, 0) is 5.41 Å². The molecule has 2 atom stereocenters. The average Bonchev–Trinajstić information content (AvgIpc) is 3.32. The molecule has 0 N–H and O–H groups in total. The van der Waals surface area contributed by atoms with Gasteiger partial charge in [-0.1, -0.05) is 60.2 Å². The van der Waals surface area contributed by atoms with Crippen LogP contribution >= 0.6 is 0 Å². The van der Waals surface area contributed by atoms with Gasteiger partial charge in [-0.2, -0.15) is 0 Å². The Bertz CT molecular complexity index is 1120. The van der Waals surface area contributed by atoms with Crippen LogP contribution in [0.4, 0.5) is 0 Å². The summed E-state index contributed by atoms with van der Waals surface area (Å²) in [6.07, 6.45) is 7.80. The van der Waals surface area contributed by atoms with E-state index in [1.807, 2.05) is 6.07 Å². The monoisotopic (exact) mass is 350 g/mol. The number of benzene rings is 3. The van der Waals surface area contributed by atoms with Crippen LogP contribution in [0.3, 0.4) is 0 Å². The largest absolute Gasteiger partial charge is 0.294 e. The third-order valence-corrected chi connectivity index (χ3v) is 7.26. The van der Waals surface area contributed by atoms with Crippen LogP contribution in [0.15, 0.2) is 72.3 Å². The van der Waals surface area contributed by atoms with E-state index < -0.39 is 0 Å². The van der Waals surface area contributed by atoms with E-state index in [0.717, 1.165) is 12.0 Å². The Hall–Kier alpha value is -2.67. The molecule has 132 valence electrons. The highest BCUT2D eigenvalue weighted by molar-refractivity contribution is 6.06. The SMILES string of the molecule is O=C1CCC2(CC3=CCC2C3)c2cc3cccc(-c4ccccc4)c3cc21. The second-order valence-electron chi connectivity index (χ2n) is 8.55. The molecule has 27 heavy (non-hydrogen) atoms. The predicted molar refractivity (Wildman–Crippen MR) is 110 cm³/mol. The van der Waals surface area contributed by atoms with Gasteiger partial charge in [0.2, 0.25) is 0 Å². The van der Waals surface area contributed by atoms with Crippen molar-refractivity contribution in [3.8, 4) is 11.1 Å². The van der Waals surface area contributed by atoms with Crippen molar-refractivity contribution in [3.63, 3.8) is 0 Å². The maximum atomic E-state index is 12.9. The maximum Gasteiger partial charge on any atom is 0.163 e. The molecule has 0 aromatic heterocycles. The summed E-state index contributed by atoms with van der Waals surface area (Å²) in [5, 5.41) is 2.47. The van der Waals surface area contributed by atoms with Crippen molar-refractivity contribution >= 4 is 16.6 Å². The smallest absolute Gasteiger partial charge is 0.163 e. The number of hydrogen-bond donors (Lipinski definition) is 0. The minimum absolute atomic E-state index is 0.213. The number of carbonyl (C=O) groups excluding carboxylic acids is 1. The molecule has 3 aliphatic carbocycles. The van der Waals surface area contributed by atoms with Gasteiger partial charge in [0, 0.05) is 17.4 Å². The molecule has 0 radical (unpaired) electrons. The number of ketones is 1. The second-order valence-corrected chi connectivity index (χ2v) is 8.55. The molecule has 1 saturated carbocycles. The van der Waals surface area contributed by atoms with Gasteiger partial charge in [0.25, 0.3) is 0 Å². The summed E-state index contributed by atoms with van der Waals surface area (Å²) in [7, 11) is 0. The van der Waals surface area contributed by atoms with Gasteiger partial charge in [0.15, 0.2) is 5.78 Å². The topological polar surface area (TPSA) is 17.1 Å². The first kappa shape index (κ1) is 15.4.